The van der Waals surface area contributed by atoms with Crippen LogP contribution in [0.3, 0.4) is 0 Å². The summed E-state index contributed by atoms with van der Waals surface area (Å²) in [6, 6.07) is 5.51. The highest BCUT2D eigenvalue weighted by atomic mass is 32.1. The quantitative estimate of drug-likeness (QED) is 0.447. The second-order valence-corrected chi connectivity index (χ2v) is 7.09. The first-order chi connectivity index (χ1) is 15.1. The van der Waals surface area contributed by atoms with Crippen LogP contribution >= 0.6 is 11.3 Å². The van der Waals surface area contributed by atoms with Crippen molar-refractivity contribution in [3.63, 3.8) is 0 Å². The van der Waals surface area contributed by atoms with Gasteiger partial charge in [-0.25, -0.2) is 9.67 Å². The van der Waals surface area contributed by atoms with Gasteiger partial charge in [0.05, 0.1) is 32.7 Å². The largest absolute Gasteiger partial charge is 0.493 e. The second-order valence-electron chi connectivity index (χ2n) is 6.23. The number of thiazole rings is 1. The number of carbonyl (C=O) groups is 1. The fourth-order valence-corrected chi connectivity index (χ4v) is 3.50. The summed E-state index contributed by atoms with van der Waals surface area (Å²) >= 11 is 1.31. The maximum absolute atomic E-state index is 12.5. The first kappa shape index (κ1) is 22.7. The molecule has 0 radical (unpaired) electrons. The lowest BCUT2D eigenvalue weighted by Gasteiger charge is -2.16. The number of hydrogen-bond donors (Lipinski definition) is 1. The van der Waals surface area contributed by atoms with Gasteiger partial charge in [-0.15, -0.1) is 16.4 Å². The molecule has 166 valence electrons. The molecule has 0 atom stereocenters. The Hall–Kier alpha value is -3.02. The summed E-state index contributed by atoms with van der Waals surface area (Å²) in [5.41, 5.74) is 1.73. The number of ether oxygens (including phenoxy) is 4. The van der Waals surface area contributed by atoms with Crippen LogP contribution in [0.4, 0.5) is 5.13 Å². The van der Waals surface area contributed by atoms with E-state index in [9.17, 15) is 4.79 Å². The number of carbonyl (C=O) groups excluding carboxylic acids is 1. The molecule has 0 aliphatic heterocycles. The van der Waals surface area contributed by atoms with Crippen molar-refractivity contribution in [2.45, 2.75) is 26.7 Å². The monoisotopic (exact) mass is 447 g/mol. The molecular weight excluding hydrogens is 422 g/mol. The minimum absolute atomic E-state index is 0.176. The standard InChI is InChI=1S/C20H25N5O5S/c1-5-29-18(30-6-2)11-25-10-14(23-24-25)19(26)22-20-21-15(12-31-20)13-7-8-16(27-3)17(9-13)28-4/h7-10,12,18H,5-6,11H2,1-4H3,(H,21,22,26). The van der Waals surface area contributed by atoms with Gasteiger partial charge in [0.1, 0.15) is 0 Å². The molecule has 0 saturated heterocycles. The summed E-state index contributed by atoms with van der Waals surface area (Å²) in [5.74, 6) is 0.838. The fraction of sp³-hybridized carbons (Fsp3) is 0.400. The maximum atomic E-state index is 12.5. The Morgan fingerprint density at radius 2 is 1.90 bits per heavy atom. The summed E-state index contributed by atoms with van der Waals surface area (Å²) in [4.78, 5) is 17.0. The molecule has 1 aromatic carbocycles. The molecule has 2 aromatic heterocycles. The lowest BCUT2D eigenvalue weighted by molar-refractivity contribution is -0.145. The number of nitrogens with one attached hydrogen (secondary N) is 1. The average molecular weight is 448 g/mol. The molecule has 0 bridgehead atoms. The number of nitrogens with zero attached hydrogens (tertiary/aromatic N) is 4. The van der Waals surface area contributed by atoms with Gasteiger partial charge in [-0.05, 0) is 32.0 Å². The first-order valence-corrected chi connectivity index (χ1v) is 10.6. The van der Waals surface area contributed by atoms with Crippen molar-refractivity contribution in [3.05, 3.63) is 35.5 Å². The van der Waals surface area contributed by atoms with Crippen LogP contribution in [0.5, 0.6) is 11.5 Å². The smallest absolute Gasteiger partial charge is 0.279 e. The average Bonchev–Trinajstić information content (AvgIpc) is 3.43. The van der Waals surface area contributed by atoms with Gasteiger partial charge in [0.25, 0.3) is 5.91 Å². The molecule has 1 N–H and O–H groups in total. The van der Waals surface area contributed by atoms with Crippen molar-refractivity contribution in [1.82, 2.24) is 20.0 Å². The van der Waals surface area contributed by atoms with Crippen LogP contribution in [0.1, 0.15) is 24.3 Å². The van der Waals surface area contributed by atoms with Crippen molar-refractivity contribution in [3.8, 4) is 22.8 Å². The predicted octanol–water partition coefficient (Wildman–Crippen LogP) is 3.07. The lowest BCUT2D eigenvalue weighted by atomic mass is 10.1. The van der Waals surface area contributed by atoms with Crippen LogP contribution in [0.15, 0.2) is 29.8 Å². The Labute approximate surface area is 184 Å². The van der Waals surface area contributed by atoms with Crippen LogP contribution in [0, 0.1) is 0 Å². The van der Waals surface area contributed by atoms with Crippen LogP contribution in [0.25, 0.3) is 11.3 Å². The minimum Gasteiger partial charge on any atom is -0.493 e. The molecule has 1 amide bonds. The molecule has 11 heteroatoms. The highest BCUT2D eigenvalue weighted by Gasteiger charge is 2.16. The molecule has 10 nitrogen and oxygen atoms in total. The number of rotatable bonds is 11. The van der Waals surface area contributed by atoms with E-state index in [1.54, 1.807) is 20.4 Å². The summed E-state index contributed by atoms with van der Waals surface area (Å²) < 4.78 is 23.1. The Morgan fingerprint density at radius 1 is 1.16 bits per heavy atom. The van der Waals surface area contributed by atoms with Crippen LogP contribution in [-0.2, 0) is 16.0 Å². The topological polar surface area (TPSA) is 110 Å². The molecule has 0 spiro atoms. The molecule has 0 aliphatic carbocycles. The molecule has 3 aromatic rings. The molecular formula is C20H25N5O5S. The van der Waals surface area contributed by atoms with Gasteiger partial charge in [-0.1, -0.05) is 5.21 Å². The highest BCUT2D eigenvalue weighted by Crippen LogP contribution is 2.33. The number of amides is 1. The van der Waals surface area contributed by atoms with Gasteiger partial charge in [0.15, 0.2) is 28.6 Å². The van der Waals surface area contributed by atoms with Gasteiger partial charge in [-0.2, -0.15) is 0 Å². The number of hydrogen-bond acceptors (Lipinski definition) is 9. The van der Waals surface area contributed by atoms with E-state index in [-0.39, 0.29) is 5.69 Å². The van der Waals surface area contributed by atoms with E-state index in [0.717, 1.165) is 5.56 Å². The normalized spacial score (nSPS) is 11.0. The van der Waals surface area contributed by atoms with Crippen molar-refractivity contribution >= 4 is 22.4 Å². The zero-order valence-corrected chi connectivity index (χ0v) is 18.6. The number of methoxy groups -OCH3 is 2. The van der Waals surface area contributed by atoms with E-state index in [4.69, 9.17) is 18.9 Å². The van der Waals surface area contributed by atoms with E-state index in [1.165, 1.54) is 16.0 Å². The molecule has 0 aliphatic rings. The van der Waals surface area contributed by atoms with E-state index in [1.807, 2.05) is 37.4 Å². The molecule has 31 heavy (non-hydrogen) atoms. The van der Waals surface area contributed by atoms with E-state index >= 15 is 0 Å². The number of aromatic nitrogens is 4. The third-order valence-corrected chi connectivity index (χ3v) is 4.97. The Balaban J connectivity index is 1.66. The molecule has 0 fully saturated rings. The summed E-state index contributed by atoms with van der Waals surface area (Å²) in [7, 11) is 3.16. The minimum atomic E-state index is -0.448. The molecule has 0 saturated carbocycles. The number of anilines is 1. The van der Waals surface area contributed by atoms with Crippen LogP contribution in [0.2, 0.25) is 0 Å². The highest BCUT2D eigenvalue weighted by molar-refractivity contribution is 7.14. The third kappa shape index (κ3) is 5.78. The van der Waals surface area contributed by atoms with Crippen LogP contribution < -0.4 is 14.8 Å². The Kier molecular flexibility index (Phi) is 7.93. The van der Waals surface area contributed by atoms with Gasteiger partial charge < -0.3 is 18.9 Å². The maximum Gasteiger partial charge on any atom is 0.279 e. The van der Waals surface area contributed by atoms with Gasteiger partial charge >= 0.3 is 0 Å². The van der Waals surface area contributed by atoms with Crippen molar-refractivity contribution < 1.29 is 23.7 Å². The van der Waals surface area contributed by atoms with Crippen molar-refractivity contribution in [1.29, 1.82) is 0 Å². The van der Waals surface area contributed by atoms with Gasteiger partial charge in [0, 0.05) is 24.2 Å². The lowest BCUT2D eigenvalue weighted by Crippen LogP contribution is -2.24. The van der Waals surface area contributed by atoms with E-state index in [0.29, 0.717) is 42.1 Å². The van der Waals surface area contributed by atoms with Gasteiger partial charge in [0.2, 0.25) is 0 Å². The van der Waals surface area contributed by atoms with Crippen molar-refractivity contribution in [2.24, 2.45) is 0 Å². The zero-order valence-electron chi connectivity index (χ0n) is 17.8. The predicted molar refractivity (Wildman–Crippen MR) is 116 cm³/mol. The van der Waals surface area contributed by atoms with Crippen molar-refractivity contribution in [2.75, 3.05) is 32.8 Å². The SMILES string of the molecule is CCOC(Cn1cc(C(=O)Nc2nc(-c3ccc(OC)c(OC)c3)cs2)nn1)OCC. The van der Waals surface area contributed by atoms with E-state index < -0.39 is 12.2 Å². The number of benzene rings is 1. The second kappa shape index (κ2) is 10.8. The first-order valence-electron chi connectivity index (χ1n) is 9.70. The summed E-state index contributed by atoms with van der Waals surface area (Å²) in [6.07, 6.45) is 1.10. The fourth-order valence-electron chi connectivity index (χ4n) is 2.79. The molecule has 2 heterocycles. The summed E-state index contributed by atoms with van der Waals surface area (Å²) in [5, 5.41) is 13.0. The third-order valence-electron chi connectivity index (χ3n) is 4.22. The zero-order chi connectivity index (χ0) is 22.2. The Bertz CT molecular complexity index is 1000. The summed E-state index contributed by atoms with van der Waals surface area (Å²) in [6.45, 7) is 5.13. The molecule has 3 rings (SSSR count). The van der Waals surface area contributed by atoms with Crippen LogP contribution in [-0.4, -0.2) is 59.6 Å². The Morgan fingerprint density at radius 3 is 2.58 bits per heavy atom. The molecule has 0 unspecified atom stereocenters. The van der Waals surface area contributed by atoms with Gasteiger partial charge in [-0.3, -0.25) is 10.1 Å². The van der Waals surface area contributed by atoms with E-state index in [2.05, 4.69) is 20.6 Å².